The molecule has 4 nitrogen and oxygen atoms in total. The number of rotatable bonds is 9. The number of para-hydroxylation sites is 1. The summed E-state index contributed by atoms with van der Waals surface area (Å²) in [7, 11) is 0. The lowest BCUT2D eigenvalue weighted by molar-refractivity contribution is 0.239. The van der Waals surface area contributed by atoms with Crippen molar-refractivity contribution >= 4 is 0 Å². The monoisotopic (exact) mass is 327 g/mol. The Labute approximate surface area is 145 Å². The number of ether oxygens (including phenoxy) is 1. The third-order valence-corrected chi connectivity index (χ3v) is 4.63. The highest BCUT2D eigenvalue weighted by molar-refractivity contribution is 5.33. The summed E-state index contributed by atoms with van der Waals surface area (Å²) in [5.41, 5.74) is 3.67. The van der Waals surface area contributed by atoms with Crippen molar-refractivity contribution in [1.82, 2.24) is 14.7 Å². The summed E-state index contributed by atoms with van der Waals surface area (Å²) in [4.78, 5) is 2.61. The molecule has 0 spiro atoms. The molecule has 1 aromatic carbocycles. The lowest BCUT2D eigenvalue weighted by Crippen LogP contribution is -2.28. The van der Waals surface area contributed by atoms with Crippen LogP contribution in [0.3, 0.4) is 0 Å². The number of nitrogens with zero attached hydrogens (tertiary/aromatic N) is 3. The van der Waals surface area contributed by atoms with Crippen LogP contribution in [-0.4, -0.2) is 33.9 Å². The highest BCUT2D eigenvalue weighted by Gasteiger charge is 2.29. The molecule has 0 N–H and O–H groups in total. The number of benzene rings is 1. The zero-order valence-electron chi connectivity index (χ0n) is 15.2. The van der Waals surface area contributed by atoms with Crippen molar-refractivity contribution in [2.24, 2.45) is 0 Å². The lowest BCUT2D eigenvalue weighted by atomic mass is 10.1. The number of aromatic nitrogens is 2. The van der Waals surface area contributed by atoms with Crippen molar-refractivity contribution in [2.75, 3.05) is 13.2 Å². The molecule has 0 saturated heterocycles. The van der Waals surface area contributed by atoms with Crippen LogP contribution in [0.15, 0.2) is 30.3 Å². The minimum Gasteiger partial charge on any atom is -0.494 e. The van der Waals surface area contributed by atoms with Crippen LogP contribution in [0, 0.1) is 13.8 Å². The summed E-state index contributed by atoms with van der Waals surface area (Å²) in [6, 6.07) is 11.3. The highest BCUT2D eigenvalue weighted by atomic mass is 16.5. The molecule has 0 atom stereocenters. The Morgan fingerprint density at radius 2 is 2.04 bits per heavy atom. The first-order valence-electron chi connectivity index (χ1n) is 9.13. The molecule has 1 fully saturated rings. The van der Waals surface area contributed by atoms with Gasteiger partial charge in [-0.2, -0.15) is 5.10 Å². The van der Waals surface area contributed by atoms with Crippen LogP contribution in [0.25, 0.3) is 0 Å². The number of aryl methyl sites for hydroxylation is 3. The summed E-state index contributed by atoms with van der Waals surface area (Å²) >= 11 is 0. The molecule has 1 heterocycles. The van der Waals surface area contributed by atoms with Gasteiger partial charge in [0.25, 0.3) is 0 Å². The Hall–Kier alpha value is -1.81. The van der Waals surface area contributed by atoms with Crippen LogP contribution in [0.4, 0.5) is 0 Å². The molecular weight excluding hydrogens is 298 g/mol. The van der Waals surface area contributed by atoms with Crippen LogP contribution in [-0.2, 0) is 13.1 Å². The van der Waals surface area contributed by atoms with Gasteiger partial charge < -0.3 is 4.74 Å². The lowest BCUT2D eigenvalue weighted by Gasteiger charge is -2.23. The molecule has 0 unspecified atom stereocenters. The second kappa shape index (κ2) is 7.84. The fourth-order valence-corrected chi connectivity index (χ4v) is 3.30. The zero-order valence-corrected chi connectivity index (χ0v) is 15.2. The Bertz CT molecular complexity index is 661. The summed E-state index contributed by atoms with van der Waals surface area (Å²) in [5.74, 6) is 1.03. The molecule has 0 bridgehead atoms. The first-order valence-corrected chi connectivity index (χ1v) is 9.13. The Morgan fingerprint density at radius 3 is 2.71 bits per heavy atom. The predicted octanol–water partition coefficient (Wildman–Crippen LogP) is 3.95. The Kier molecular flexibility index (Phi) is 5.56. The minimum absolute atomic E-state index is 0.721. The molecular formula is C20H29N3O. The Morgan fingerprint density at radius 1 is 1.25 bits per heavy atom. The predicted molar refractivity (Wildman–Crippen MR) is 97.4 cm³/mol. The summed E-state index contributed by atoms with van der Waals surface area (Å²) in [6.07, 6.45) is 3.79. The smallest absolute Gasteiger partial charge is 0.123 e. The fourth-order valence-electron chi connectivity index (χ4n) is 3.30. The van der Waals surface area contributed by atoms with Crippen molar-refractivity contribution in [3.63, 3.8) is 0 Å². The van der Waals surface area contributed by atoms with E-state index in [2.05, 4.69) is 58.9 Å². The van der Waals surface area contributed by atoms with E-state index < -0.39 is 0 Å². The molecule has 0 aliphatic heterocycles. The van der Waals surface area contributed by atoms with Gasteiger partial charge in [0.05, 0.1) is 12.3 Å². The highest BCUT2D eigenvalue weighted by Crippen LogP contribution is 2.30. The molecule has 1 saturated carbocycles. The molecule has 3 rings (SSSR count). The third kappa shape index (κ3) is 4.38. The standard InChI is InChI=1S/C20H29N3O/c1-4-24-20-9-6-5-8-18(20)15-22(19-10-11-19)12-7-13-23-17(3)14-16(2)21-23/h5-6,8-9,14,19H,4,7,10-13,15H2,1-3H3. The molecule has 1 aliphatic rings. The van der Waals surface area contributed by atoms with E-state index in [1.807, 2.05) is 6.92 Å². The topological polar surface area (TPSA) is 30.3 Å². The van der Waals surface area contributed by atoms with E-state index in [0.717, 1.165) is 50.1 Å². The van der Waals surface area contributed by atoms with Crippen LogP contribution < -0.4 is 4.74 Å². The molecule has 4 heteroatoms. The van der Waals surface area contributed by atoms with E-state index in [1.165, 1.54) is 24.1 Å². The SMILES string of the molecule is CCOc1ccccc1CN(CCCn1nc(C)cc1C)C1CC1. The van der Waals surface area contributed by atoms with E-state index >= 15 is 0 Å². The van der Waals surface area contributed by atoms with E-state index in [-0.39, 0.29) is 0 Å². The first kappa shape index (κ1) is 17.0. The molecule has 1 aromatic heterocycles. The average Bonchev–Trinajstić information content (AvgIpc) is 3.34. The van der Waals surface area contributed by atoms with Gasteiger partial charge in [0.1, 0.15) is 5.75 Å². The maximum atomic E-state index is 5.79. The first-order chi connectivity index (χ1) is 11.7. The maximum Gasteiger partial charge on any atom is 0.123 e. The van der Waals surface area contributed by atoms with Gasteiger partial charge in [-0.25, -0.2) is 0 Å². The normalized spacial score (nSPS) is 14.3. The molecule has 0 amide bonds. The van der Waals surface area contributed by atoms with Crippen molar-refractivity contribution in [3.8, 4) is 5.75 Å². The van der Waals surface area contributed by atoms with Gasteiger partial charge in [0, 0.05) is 36.9 Å². The second-order valence-corrected chi connectivity index (χ2v) is 6.75. The largest absolute Gasteiger partial charge is 0.494 e. The molecule has 1 aliphatic carbocycles. The third-order valence-electron chi connectivity index (χ3n) is 4.63. The molecule has 2 aromatic rings. The number of hydrogen-bond donors (Lipinski definition) is 0. The zero-order chi connectivity index (χ0) is 16.9. The number of hydrogen-bond acceptors (Lipinski definition) is 3. The van der Waals surface area contributed by atoms with Gasteiger partial charge in [-0.05, 0) is 52.2 Å². The van der Waals surface area contributed by atoms with Crippen molar-refractivity contribution in [2.45, 2.75) is 59.2 Å². The Balaban J connectivity index is 1.58. The van der Waals surface area contributed by atoms with Gasteiger partial charge in [-0.1, -0.05) is 18.2 Å². The van der Waals surface area contributed by atoms with E-state index in [1.54, 1.807) is 0 Å². The fraction of sp³-hybridized carbons (Fsp3) is 0.550. The summed E-state index contributed by atoms with van der Waals surface area (Å²) in [6.45, 7) is 10.1. The van der Waals surface area contributed by atoms with E-state index in [4.69, 9.17) is 4.74 Å². The molecule has 24 heavy (non-hydrogen) atoms. The average molecular weight is 327 g/mol. The van der Waals surface area contributed by atoms with E-state index in [9.17, 15) is 0 Å². The van der Waals surface area contributed by atoms with E-state index in [0.29, 0.717) is 0 Å². The summed E-state index contributed by atoms with van der Waals surface area (Å²) in [5, 5.41) is 4.57. The van der Waals surface area contributed by atoms with Crippen molar-refractivity contribution < 1.29 is 4.74 Å². The van der Waals surface area contributed by atoms with Gasteiger partial charge >= 0.3 is 0 Å². The van der Waals surface area contributed by atoms with Crippen LogP contribution in [0.1, 0.15) is 43.1 Å². The molecule has 0 radical (unpaired) electrons. The van der Waals surface area contributed by atoms with Crippen LogP contribution in [0.5, 0.6) is 5.75 Å². The minimum atomic E-state index is 0.721. The maximum absolute atomic E-state index is 5.79. The summed E-state index contributed by atoms with van der Waals surface area (Å²) < 4.78 is 7.92. The quantitative estimate of drug-likeness (QED) is 0.698. The van der Waals surface area contributed by atoms with Crippen molar-refractivity contribution in [3.05, 3.63) is 47.3 Å². The molecule has 130 valence electrons. The van der Waals surface area contributed by atoms with Gasteiger partial charge in [-0.15, -0.1) is 0 Å². The van der Waals surface area contributed by atoms with Crippen LogP contribution in [0.2, 0.25) is 0 Å². The van der Waals surface area contributed by atoms with Gasteiger partial charge in [0.15, 0.2) is 0 Å². The van der Waals surface area contributed by atoms with Gasteiger partial charge in [-0.3, -0.25) is 9.58 Å². The van der Waals surface area contributed by atoms with Crippen molar-refractivity contribution in [1.29, 1.82) is 0 Å². The van der Waals surface area contributed by atoms with Crippen LogP contribution >= 0.6 is 0 Å². The van der Waals surface area contributed by atoms with Gasteiger partial charge in [0.2, 0.25) is 0 Å². The second-order valence-electron chi connectivity index (χ2n) is 6.75.